The Morgan fingerprint density at radius 2 is 1.68 bits per heavy atom. The minimum atomic E-state index is -0.783. The van der Waals surface area contributed by atoms with Crippen molar-refractivity contribution < 1.29 is 14.3 Å². The molecule has 0 aliphatic carbocycles. The largest absolute Gasteiger partial charge is 0.497 e. The van der Waals surface area contributed by atoms with Crippen molar-refractivity contribution in [3.63, 3.8) is 0 Å². The molecule has 0 heterocycles. The molecule has 0 spiro atoms. The Morgan fingerprint density at radius 3 is 2.27 bits per heavy atom. The van der Waals surface area contributed by atoms with Crippen LogP contribution >= 0.6 is 12.4 Å². The number of nitrogens with two attached hydrogens (primary N) is 1. The number of fused-ring (bicyclic) bond motifs is 1. The predicted molar refractivity (Wildman–Crippen MR) is 90.5 cm³/mol. The Kier molecular flexibility index (Phi) is 5.80. The average molecular weight is 324 g/mol. The molecule has 0 unspecified atom stereocenters. The zero-order valence-corrected chi connectivity index (χ0v) is 14.1. The standard InChI is InChI=1S/C17H21NO3.ClH/c1-17(2,16(19)21-4)15(18)13-6-5-12-10-14(20-3)8-7-11(12)9-13;/h5-10,15H,18H2,1-4H3;1H/t15-;/m1./s1. The fraction of sp³-hybridized carbons (Fsp3) is 0.353. The predicted octanol–water partition coefficient (Wildman–Crippen LogP) is 3.47. The zero-order chi connectivity index (χ0) is 15.6. The third kappa shape index (κ3) is 3.34. The van der Waals surface area contributed by atoms with Crippen LogP contribution in [0.1, 0.15) is 25.5 Å². The van der Waals surface area contributed by atoms with E-state index in [1.54, 1.807) is 21.0 Å². The first kappa shape index (κ1) is 18.3. The Labute approximate surface area is 137 Å². The SMILES string of the molecule is COC(=O)C(C)(C)[C@H](N)c1ccc2cc(OC)ccc2c1.Cl. The van der Waals surface area contributed by atoms with E-state index in [1.165, 1.54) is 7.11 Å². The van der Waals surface area contributed by atoms with Crippen LogP contribution in [0.2, 0.25) is 0 Å². The van der Waals surface area contributed by atoms with Crippen LogP contribution in [0.4, 0.5) is 0 Å². The first-order valence-electron chi connectivity index (χ1n) is 6.82. The van der Waals surface area contributed by atoms with Crippen LogP contribution < -0.4 is 10.5 Å². The summed E-state index contributed by atoms with van der Waals surface area (Å²) in [4.78, 5) is 11.9. The molecule has 2 aromatic carbocycles. The van der Waals surface area contributed by atoms with E-state index in [-0.39, 0.29) is 18.4 Å². The van der Waals surface area contributed by atoms with Gasteiger partial charge in [0.05, 0.1) is 19.6 Å². The first-order chi connectivity index (χ1) is 9.90. The molecule has 0 aliphatic heterocycles. The molecule has 2 rings (SSSR count). The van der Waals surface area contributed by atoms with Crippen molar-refractivity contribution in [2.24, 2.45) is 11.1 Å². The molecule has 0 fully saturated rings. The highest BCUT2D eigenvalue weighted by atomic mass is 35.5. The van der Waals surface area contributed by atoms with Crippen LogP contribution in [-0.4, -0.2) is 20.2 Å². The van der Waals surface area contributed by atoms with Crippen molar-refractivity contribution in [2.75, 3.05) is 14.2 Å². The monoisotopic (exact) mass is 323 g/mol. The van der Waals surface area contributed by atoms with Crippen molar-refractivity contribution in [3.05, 3.63) is 42.0 Å². The Morgan fingerprint density at radius 1 is 1.09 bits per heavy atom. The lowest BCUT2D eigenvalue weighted by atomic mass is 9.80. The molecule has 0 aliphatic rings. The topological polar surface area (TPSA) is 61.5 Å². The normalized spacial score (nSPS) is 12.4. The minimum absolute atomic E-state index is 0. The van der Waals surface area contributed by atoms with Gasteiger partial charge in [-0.1, -0.05) is 18.2 Å². The van der Waals surface area contributed by atoms with Crippen LogP contribution in [-0.2, 0) is 9.53 Å². The molecule has 120 valence electrons. The quantitative estimate of drug-likeness (QED) is 0.875. The van der Waals surface area contributed by atoms with E-state index in [0.717, 1.165) is 22.1 Å². The number of carbonyl (C=O) groups is 1. The number of ether oxygens (including phenoxy) is 2. The lowest BCUT2D eigenvalue weighted by Crippen LogP contribution is -2.37. The summed E-state index contributed by atoms with van der Waals surface area (Å²) in [7, 11) is 3.02. The molecule has 0 radical (unpaired) electrons. The van der Waals surface area contributed by atoms with E-state index in [0.29, 0.717) is 0 Å². The lowest BCUT2D eigenvalue weighted by Gasteiger charge is -2.29. The van der Waals surface area contributed by atoms with E-state index in [9.17, 15) is 4.79 Å². The number of rotatable bonds is 4. The molecule has 2 aromatic rings. The molecule has 5 heteroatoms. The summed E-state index contributed by atoms with van der Waals surface area (Å²) in [6, 6.07) is 11.4. The fourth-order valence-electron chi connectivity index (χ4n) is 2.37. The maximum absolute atomic E-state index is 11.9. The first-order valence-corrected chi connectivity index (χ1v) is 6.82. The van der Waals surface area contributed by atoms with Gasteiger partial charge in [0.15, 0.2) is 0 Å². The molecular weight excluding hydrogens is 302 g/mol. The van der Waals surface area contributed by atoms with Crippen molar-refractivity contribution in [3.8, 4) is 5.75 Å². The van der Waals surface area contributed by atoms with Gasteiger partial charge in [-0.05, 0) is 48.4 Å². The van der Waals surface area contributed by atoms with Gasteiger partial charge in [-0.2, -0.15) is 0 Å². The highest BCUT2D eigenvalue weighted by Crippen LogP contribution is 2.34. The highest BCUT2D eigenvalue weighted by molar-refractivity contribution is 5.85. The molecule has 1 atom stereocenters. The van der Waals surface area contributed by atoms with Crippen molar-refractivity contribution >= 4 is 29.1 Å². The molecule has 0 saturated carbocycles. The molecule has 0 amide bonds. The second-order valence-electron chi connectivity index (χ2n) is 5.66. The van der Waals surface area contributed by atoms with Crippen molar-refractivity contribution in [1.29, 1.82) is 0 Å². The summed E-state index contributed by atoms with van der Waals surface area (Å²) < 4.78 is 10.1. The number of hydrogen-bond acceptors (Lipinski definition) is 4. The number of methoxy groups -OCH3 is 2. The highest BCUT2D eigenvalue weighted by Gasteiger charge is 2.36. The third-order valence-corrected chi connectivity index (χ3v) is 3.92. The third-order valence-electron chi connectivity index (χ3n) is 3.92. The Balaban J connectivity index is 0.00000242. The van der Waals surface area contributed by atoms with Crippen LogP contribution in [0.3, 0.4) is 0 Å². The number of hydrogen-bond donors (Lipinski definition) is 1. The van der Waals surface area contributed by atoms with Gasteiger partial charge in [-0.3, -0.25) is 4.79 Å². The zero-order valence-electron chi connectivity index (χ0n) is 13.3. The maximum Gasteiger partial charge on any atom is 0.313 e. The van der Waals surface area contributed by atoms with Gasteiger partial charge in [-0.25, -0.2) is 0 Å². The summed E-state index contributed by atoms with van der Waals surface area (Å²) in [6.45, 7) is 3.59. The minimum Gasteiger partial charge on any atom is -0.497 e. The summed E-state index contributed by atoms with van der Waals surface area (Å²) in [5.74, 6) is 0.499. The van der Waals surface area contributed by atoms with Gasteiger partial charge in [0.25, 0.3) is 0 Å². The molecule has 4 nitrogen and oxygen atoms in total. The fourth-order valence-corrected chi connectivity index (χ4v) is 2.37. The van der Waals surface area contributed by atoms with Crippen molar-refractivity contribution in [2.45, 2.75) is 19.9 Å². The number of carbonyl (C=O) groups excluding carboxylic acids is 1. The van der Waals surface area contributed by atoms with Gasteiger partial charge >= 0.3 is 5.97 Å². The van der Waals surface area contributed by atoms with Crippen LogP contribution in [0, 0.1) is 5.41 Å². The van der Waals surface area contributed by atoms with Gasteiger partial charge in [0, 0.05) is 6.04 Å². The van der Waals surface area contributed by atoms with E-state index >= 15 is 0 Å². The molecule has 2 N–H and O–H groups in total. The lowest BCUT2D eigenvalue weighted by molar-refractivity contribution is -0.152. The number of benzene rings is 2. The maximum atomic E-state index is 11.9. The molecule has 0 bridgehead atoms. The molecular formula is C17H22ClNO3. The van der Waals surface area contributed by atoms with Crippen LogP contribution in [0.5, 0.6) is 5.75 Å². The molecule has 22 heavy (non-hydrogen) atoms. The Hall–Kier alpha value is -1.78. The summed E-state index contributed by atoms with van der Waals surface area (Å²) in [6.07, 6.45) is 0. The number of halogens is 1. The van der Waals surface area contributed by atoms with Crippen molar-refractivity contribution in [1.82, 2.24) is 0 Å². The van der Waals surface area contributed by atoms with E-state index in [1.807, 2.05) is 36.4 Å². The second-order valence-corrected chi connectivity index (χ2v) is 5.66. The van der Waals surface area contributed by atoms with Gasteiger partial charge in [-0.15, -0.1) is 12.4 Å². The van der Waals surface area contributed by atoms with E-state index < -0.39 is 11.5 Å². The summed E-state index contributed by atoms with van der Waals surface area (Å²) in [5.41, 5.74) is 6.39. The van der Waals surface area contributed by atoms with Crippen LogP contribution in [0.15, 0.2) is 36.4 Å². The van der Waals surface area contributed by atoms with Crippen LogP contribution in [0.25, 0.3) is 10.8 Å². The second kappa shape index (κ2) is 6.99. The molecule has 0 saturated heterocycles. The summed E-state index contributed by atoms with van der Waals surface area (Å²) in [5, 5.41) is 2.13. The average Bonchev–Trinajstić information content (AvgIpc) is 2.51. The smallest absolute Gasteiger partial charge is 0.313 e. The summed E-state index contributed by atoms with van der Waals surface area (Å²) >= 11 is 0. The van der Waals surface area contributed by atoms with Gasteiger partial charge in [0.1, 0.15) is 5.75 Å². The molecule has 0 aromatic heterocycles. The number of esters is 1. The van der Waals surface area contributed by atoms with Gasteiger partial charge < -0.3 is 15.2 Å². The van der Waals surface area contributed by atoms with E-state index in [4.69, 9.17) is 15.2 Å². The van der Waals surface area contributed by atoms with Gasteiger partial charge in [0.2, 0.25) is 0 Å². The Bertz CT molecular complexity index is 670. The van der Waals surface area contributed by atoms with E-state index in [2.05, 4.69) is 0 Å².